The van der Waals surface area contributed by atoms with Gasteiger partial charge in [0.15, 0.2) is 0 Å². The van der Waals surface area contributed by atoms with Gasteiger partial charge in [0.05, 0.1) is 11.9 Å². The molecule has 3 rings (SSSR count). The number of hydrogen-bond donors (Lipinski definition) is 1. The number of carbonyl (C=O) groups is 1. The molecule has 1 amide bonds. The number of aryl methyl sites for hydroxylation is 1. The minimum atomic E-state index is -0.392. The van der Waals surface area contributed by atoms with Crippen LogP contribution in [-0.2, 0) is 11.3 Å². The molecule has 0 radical (unpaired) electrons. The third-order valence-corrected chi connectivity index (χ3v) is 4.64. The van der Waals surface area contributed by atoms with Crippen molar-refractivity contribution < 1.29 is 9.18 Å². The number of nitrogens with one attached hydrogen (secondary N) is 1. The van der Waals surface area contributed by atoms with Crippen molar-refractivity contribution in [3.63, 3.8) is 0 Å². The number of halogens is 1. The van der Waals surface area contributed by atoms with Crippen molar-refractivity contribution in [3.8, 4) is 5.69 Å². The number of nitrogens with zero attached hydrogens (tertiary/aromatic N) is 3. The van der Waals surface area contributed by atoms with E-state index in [1.165, 1.54) is 27.6 Å². The van der Waals surface area contributed by atoms with Crippen molar-refractivity contribution >= 4 is 23.1 Å². The third kappa shape index (κ3) is 3.13. The molecule has 6 nitrogen and oxygen atoms in total. The number of benzene rings is 1. The number of thiazole rings is 1. The number of anilines is 1. The minimum absolute atomic E-state index is 0.0800. The molecule has 124 valence electrons. The molecule has 2 aromatic heterocycles. The first-order chi connectivity index (χ1) is 11.5. The largest absolute Gasteiger partial charge is 0.309 e. The second kappa shape index (κ2) is 6.40. The highest BCUT2D eigenvalue weighted by Crippen LogP contribution is 2.16. The van der Waals surface area contributed by atoms with Gasteiger partial charge in [-0.25, -0.2) is 9.07 Å². The second-order valence-electron chi connectivity index (χ2n) is 5.25. The van der Waals surface area contributed by atoms with Crippen LogP contribution in [0.25, 0.3) is 5.69 Å². The van der Waals surface area contributed by atoms with E-state index >= 15 is 0 Å². The van der Waals surface area contributed by atoms with Gasteiger partial charge >= 0.3 is 4.87 Å². The lowest BCUT2D eigenvalue weighted by atomic mass is 10.3. The number of amides is 1. The Labute approximate surface area is 141 Å². The molecule has 0 saturated heterocycles. The smallest absolute Gasteiger partial charge is 0.308 e. The summed E-state index contributed by atoms with van der Waals surface area (Å²) in [5, 5.41) is 6.80. The molecule has 0 bridgehead atoms. The Morgan fingerprint density at radius 3 is 2.79 bits per heavy atom. The average molecular weight is 346 g/mol. The molecule has 0 unspecified atom stereocenters. The summed E-state index contributed by atoms with van der Waals surface area (Å²) in [5.41, 5.74) is 1.27. The van der Waals surface area contributed by atoms with Crippen LogP contribution >= 0.6 is 11.3 Å². The molecule has 1 N–H and O–H groups in total. The zero-order valence-corrected chi connectivity index (χ0v) is 13.9. The molecular formula is C16H15FN4O2S. The van der Waals surface area contributed by atoms with E-state index in [2.05, 4.69) is 10.4 Å². The SMILES string of the molecule is Cc1sc(=O)n(CC(=O)Nc2ccnn2-c2cccc(F)c2)c1C. The lowest BCUT2D eigenvalue weighted by molar-refractivity contribution is -0.116. The Kier molecular flexibility index (Phi) is 4.30. The lowest BCUT2D eigenvalue weighted by Crippen LogP contribution is -2.26. The summed E-state index contributed by atoms with van der Waals surface area (Å²) in [7, 11) is 0. The molecule has 0 aliphatic carbocycles. The van der Waals surface area contributed by atoms with E-state index in [-0.39, 0.29) is 17.3 Å². The van der Waals surface area contributed by atoms with E-state index in [0.717, 1.165) is 21.9 Å². The fraction of sp³-hybridized carbons (Fsp3) is 0.188. The monoisotopic (exact) mass is 346 g/mol. The first-order valence-corrected chi connectivity index (χ1v) is 8.04. The van der Waals surface area contributed by atoms with Crippen LogP contribution in [0.4, 0.5) is 10.2 Å². The fourth-order valence-electron chi connectivity index (χ4n) is 2.31. The molecule has 8 heteroatoms. The van der Waals surface area contributed by atoms with Crippen LogP contribution in [-0.4, -0.2) is 20.3 Å². The Hall–Kier alpha value is -2.74. The topological polar surface area (TPSA) is 68.9 Å². The highest BCUT2D eigenvalue weighted by molar-refractivity contribution is 7.09. The summed E-state index contributed by atoms with van der Waals surface area (Å²) in [6.07, 6.45) is 1.51. The summed E-state index contributed by atoms with van der Waals surface area (Å²) < 4.78 is 16.2. The van der Waals surface area contributed by atoms with Gasteiger partial charge in [0.25, 0.3) is 0 Å². The Balaban J connectivity index is 1.81. The summed E-state index contributed by atoms with van der Waals surface area (Å²) >= 11 is 1.12. The molecule has 3 aromatic rings. The zero-order chi connectivity index (χ0) is 17.3. The van der Waals surface area contributed by atoms with Crippen molar-refractivity contribution in [2.24, 2.45) is 0 Å². The molecule has 0 aliphatic heterocycles. The third-order valence-electron chi connectivity index (χ3n) is 3.64. The molecular weight excluding hydrogens is 331 g/mol. The van der Waals surface area contributed by atoms with Gasteiger partial charge in [-0.3, -0.25) is 14.2 Å². The van der Waals surface area contributed by atoms with Crippen LogP contribution in [0.2, 0.25) is 0 Å². The van der Waals surface area contributed by atoms with Crippen molar-refractivity contribution in [3.05, 3.63) is 62.6 Å². The minimum Gasteiger partial charge on any atom is -0.309 e. The molecule has 24 heavy (non-hydrogen) atoms. The van der Waals surface area contributed by atoms with E-state index in [1.807, 2.05) is 6.92 Å². The van der Waals surface area contributed by atoms with Gasteiger partial charge in [-0.2, -0.15) is 5.10 Å². The zero-order valence-electron chi connectivity index (χ0n) is 13.1. The summed E-state index contributed by atoms with van der Waals surface area (Å²) in [5.74, 6) is -0.337. The van der Waals surface area contributed by atoms with Gasteiger partial charge in [-0.1, -0.05) is 17.4 Å². The highest BCUT2D eigenvalue weighted by atomic mass is 32.1. The van der Waals surface area contributed by atoms with Crippen molar-refractivity contribution in [1.29, 1.82) is 0 Å². The van der Waals surface area contributed by atoms with E-state index in [4.69, 9.17) is 0 Å². The molecule has 0 spiro atoms. The molecule has 0 fully saturated rings. The maximum Gasteiger partial charge on any atom is 0.308 e. The number of carbonyl (C=O) groups excluding carboxylic acids is 1. The molecule has 1 aromatic carbocycles. The maximum atomic E-state index is 13.4. The van der Waals surface area contributed by atoms with Crippen molar-refractivity contribution in [2.45, 2.75) is 20.4 Å². The van der Waals surface area contributed by atoms with E-state index in [0.29, 0.717) is 11.5 Å². The van der Waals surface area contributed by atoms with Crippen LogP contribution in [0.5, 0.6) is 0 Å². The predicted octanol–water partition coefficient (Wildman–Crippen LogP) is 2.49. The predicted molar refractivity (Wildman–Crippen MR) is 90.2 cm³/mol. The van der Waals surface area contributed by atoms with Gasteiger partial charge in [-0.15, -0.1) is 0 Å². The molecule has 2 heterocycles. The van der Waals surface area contributed by atoms with Crippen molar-refractivity contribution in [2.75, 3.05) is 5.32 Å². The normalized spacial score (nSPS) is 10.8. The second-order valence-corrected chi connectivity index (χ2v) is 6.42. The molecule has 0 atom stereocenters. The van der Waals surface area contributed by atoms with E-state index in [1.54, 1.807) is 25.1 Å². The quantitative estimate of drug-likeness (QED) is 0.789. The van der Waals surface area contributed by atoms with Gasteiger partial charge in [0, 0.05) is 16.6 Å². The van der Waals surface area contributed by atoms with Gasteiger partial charge < -0.3 is 5.32 Å². The van der Waals surface area contributed by atoms with Crippen molar-refractivity contribution in [1.82, 2.24) is 14.3 Å². The Morgan fingerprint density at radius 1 is 1.33 bits per heavy atom. The first kappa shape index (κ1) is 16.1. The first-order valence-electron chi connectivity index (χ1n) is 7.22. The summed E-state index contributed by atoms with van der Waals surface area (Å²) in [4.78, 5) is 24.8. The number of aromatic nitrogens is 3. The van der Waals surface area contributed by atoms with Crippen LogP contribution in [0.15, 0.2) is 41.3 Å². The highest BCUT2D eigenvalue weighted by Gasteiger charge is 2.14. The summed E-state index contributed by atoms with van der Waals surface area (Å²) in [6, 6.07) is 7.51. The summed E-state index contributed by atoms with van der Waals surface area (Å²) in [6.45, 7) is 3.57. The standard InChI is InChI=1S/C16H15FN4O2S/c1-10-11(2)24-16(23)20(10)9-15(22)19-14-6-7-18-21(14)13-5-3-4-12(17)8-13/h3-8H,9H2,1-2H3,(H,19,22). The fourth-order valence-corrected chi connectivity index (χ4v) is 3.14. The average Bonchev–Trinajstić information content (AvgIpc) is 3.08. The Bertz CT molecular complexity index is 957. The van der Waals surface area contributed by atoms with E-state index in [9.17, 15) is 14.0 Å². The Morgan fingerprint density at radius 2 is 2.12 bits per heavy atom. The van der Waals surface area contributed by atoms with Gasteiger partial charge in [0.1, 0.15) is 18.2 Å². The molecule has 0 saturated carbocycles. The van der Waals surface area contributed by atoms with Crippen LogP contribution in [0, 0.1) is 19.7 Å². The van der Waals surface area contributed by atoms with Gasteiger partial charge in [0.2, 0.25) is 5.91 Å². The number of rotatable bonds is 4. The van der Waals surface area contributed by atoms with Crippen LogP contribution in [0.1, 0.15) is 10.6 Å². The number of hydrogen-bond acceptors (Lipinski definition) is 4. The van der Waals surface area contributed by atoms with Crippen LogP contribution in [0.3, 0.4) is 0 Å². The van der Waals surface area contributed by atoms with Crippen LogP contribution < -0.4 is 10.2 Å². The maximum absolute atomic E-state index is 13.4. The van der Waals surface area contributed by atoms with E-state index < -0.39 is 5.82 Å². The van der Waals surface area contributed by atoms with Gasteiger partial charge in [-0.05, 0) is 32.0 Å². The lowest BCUT2D eigenvalue weighted by Gasteiger charge is -2.10. The molecule has 0 aliphatic rings.